The largest absolute Gasteiger partial charge is 0.328 e. The van der Waals surface area contributed by atoms with Crippen LogP contribution in [0.3, 0.4) is 0 Å². The van der Waals surface area contributed by atoms with Crippen molar-refractivity contribution < 1.29 is 4.79 Å². The summed E-state index contributed by atoms with van der Waals surface area (Å²) in [7, 11) is 1.78. The Morgan fingerprint density at radius 1 is 1.62 bits per heavy atom. The highest BCUT2D eigenvalue weighted by Crippen LogP contribution is 2.15. The van der Waals surface area contributed by atoms with E-state index in [4.69, 9.17) is 0 Å². The van der Waals surface area contributed by atoms with Crippen molar-refractivity contribution in [2.45, 2.75) is 6.04 Å². The second kappa shape index (κ2) is 3.05. The lowest BCUT2D eigenvalue weighted by atomic mass is 10.2. The summed E-state index contributed by atoms with van der Waals surface area (Å²) in [6.45, 7) is 0.690. The quantitative estimate of drug-likeness (QED) is 0.689. The molecule has 1 N–H and O–H groups in total. The minimum Gasteiger partial charge on any atom is -0.328 e. The first-order chi connectivity index (χ1) is 6.27. The van der Waals surface area contributed by atoms with Crippen LogP contribution in [0.15, 0.2) is 24.4 Å². The lowest BCUT2D eigenvalue weighted by Gasteiger charge is -2.07. The topological polar surface area (TPSA) is 45.2 Å². The zero-order chi connectivity index (χ0) is 9.26. The summed E-state index contributed by atoms with van der Waals surface area (Å²) in [4.78, 5) is 17.0. The van der Waals surface area contributed by atoms with E-state index in [2.05, 4.69) is 10.3 Å². The Labute approximate surface area is 76.6 Å². The summed E-state index contributed by atoms with van der Waals surface area (Å²) in [5.74, 6) is 0. The van der Waals surface area contributed by atoms with Gasteiger partial charge in [0.15, 0.2) is 0 Å². The van der Waals surface area contributed by atoms with Crippen LogP contribution in [0.1, 0.15) is 11.7 Å². The Hall–Kier alpha value is -1.58. The van der Waals surface area contributed by atoms with Gasteiger partial charge in [0.05, 0.1) is 11.7 Å². The van der Waals surface area contributed by atoms with Gasteiger partial charge in [-0.2, -0.15) is 0 Å². The molecule has 68 valence electrons. The van der Waals surface area contributed by atoms with E-state index in [1.54, 1.807) is 18.1 Å². The molecule has 2 heterocycles. The van der Waals surface area contributed by atoms with Gasteiger partial charge in [-0.3, -0.25) is 4.98 Å². The van der Waals surface area contributed by atoms with Gasteiger partial charge in [0.25, 0.3) is 0 Å². The molecule has 4 nitrogen and oxygen atoms in total. The van der Waals surface area contributed by atoms with E-state index < -0.39 is 0 Å². The Morgan fingerprint density at radius 3 is 3.00 bits per heavy atom. The number of pyridine rings is 1. The summed E-state index contributed by atoms with van der Waals surface area (Å²) in [6, 6.07) is 5.72. The van der Waals surface area contributed by atoms with Crippen molar-refractivity contribution in [3.05, 3.63) is 30.1 Å². The predicted octanol–water partition coefficient (Wildman–Crippen LogP) is 0.778. The standard InChI is InChI=1S/C9H11N3O/c1-12-6-8(11-9(12)13)7-4-2-3-5-10-7/h2-5,8H,6H2,1H3,(H,11,13). The van der Waals surface area contributed by atoms with Crippen LogP contribution in [0.4, 0.5) is 4.79 Å². The number of amides is 2. The molecule has 1 aromatic rings. The fourth-order valence-corrected chi connectivity index (χ4v) is 1.41. The molecule has 1 aliphatic rings. The van der Waals surface area contributed by atoms with Crippen molar-refractivity contribution in [2.24, 2.45) is 0 Å². The number of nitrogens with zero attached hydrogens (tertiary/aromatic N) is 2. The first kappa shape index (κ1) is 8.04. The SMILES string of the molecule is CN1CC(c2ccccn2)NC1=O. The van der Waals surface area contributed by atoms with Gasteiger partial charge in [0, 0.05) is 19.8 Å². The fourth-order valence-electron chi connectivity index (χ4n) is 1.41. The predicted molar refractivity (Wildman–Crippen MR) is 48.1 cm³/mol. The Morgan fingerprint density at radius 2 is 2.46 bits per heavy atom. The number of likely N-dealkylation sites (N-methyl/N-ethyl adjacent to an activating group) is 1. The summed E-state index contributed by atoms with van der Waals surface area (Å²) in [5.41, 5.74) is 0.917. The maximum absolute atomic E-state index is 11.1. The molecule has 13 heavy (non-hydrogen) atoms. The number of hydrogen-bond acceptors (Lipinski definition) is 2. The molecule has 0 spiro atoms. The van der Waals surface area contributed by atoms with Crippen LogP contribution in [0, 0.1) is 0 Å². The van der Waals surface area contributed by atoms with Gasteiger partial charge < -0.3 is 10.2 Å². The van der Waals surface area contributed by atoms with Crippen LogP contribution in [-0.2, 0) is 0 Å². The number of hydrogen-bond donors (Lipinski definition) is 1. The van der Waals surface area contributed by atoms with Gasteiger partial charge in [-0.15, -0.1) is 0 Å². The zero-order valence-corrected chi connectivity index (χ0v) is 7.40. The van der Waals surface area contributed by atoms with E-state index in [1.807, 2.05) is 18.2 Å². The van der Waals surface area contributed by atoms with Crippen LogP contribution in [0.25, 0.3) is 0 Å². The molecule has 1 aliphatic heterocycles. The monoisotopic (exact) mass is 177 g/mol. The third kappa shape index (κ3) is 1.47. The molecule has 0 bridgehead atoms. The van der Waals surface area contributed by atoms with E-state index in [0.717, 1.165) is 5.69 Å². The van der Waals surface area contributed by atoms with Crippen molar-refractivity contribution in [3.8, 4) is 0 Å². The Kier molecular flexibility index (Phi) is 1.88. The molecule has 2 amide bonds. The second-order valence-corrected chi connectivity index (χ2v) is 3.14. The summed E-state index contributed by atoms with van der Waals surface area (Å²) >= 11 is 0. The lowest BCUT2D eigenvalue weighted by Crippen LogP contribution is -2.24. The molecule has 0 saturated carbocycles. The third-order valence-corrected chi connectivity index (χ3v) is 2.15. The average molecular weight is 177 g/mol. The average Bonchev–Trinajstić information content (AvgIpc) is 2.49. The fraction of sp³-hybridized carbons (Fsp3) is 0.333. The summed E-state index contributed by atoms with van der Waals surface area (Å²) in [6.07, 6.45) is 1.74. The minimum absolute atomic E-state index is 0.0318. The molecule has 0 aliphatic carbocycles. The highest BCUT2D eigenvalue weighted by molar-refractivity contribution is 5.76. The van der Waals surface area contributed by atoms with Crippen molar-refractivity contribution in [1.29, 1.82) is 0 Å². The highest BCUT2D eigenvalue weighted by atomic mass is 16.2. The molecule has 1 atom stereocenters. The van der Waals surface area contributed by atoms with E-state index in [9.17, 15) is 4.79 Å². The number of carbonyl (C=O) groups is 1. The molecular weight excluding hydrogens is 166 g/mol. The first-order valence-electron chi connectivity index (χ1n) is 4.20. The molecule has 1 aromatic heterocycles. The Balaban J connectivity index is 2.17. The van der Waals surface area contributed by atoms with E-state index in [0.29, 0.717) is 6.54 Å². The molecule has 4 heteroatoms. The normalized spacial score (nSPS) is 21.8. The van der Waals surface area contributed by atoms with Gasteiger partial charge in [-0.25, -0.2) is 4.79 Å². The van der Waals surface area contributed by atoms with Crippen LogP contribution >= 0.6 is 0 Å². The van der Waals surface area contributed by atoms with Crippen molar-refractivity contribution in [3.63, 3.8) is 0 Å². The van der Waals surface area contributed by atoms with Gasteiger partial charge in [0.2, 0.25) is 0 Å². The van der Waals surface area contributed by atoms with Crippen LogP contribution in [-0.4, -0.2) is 29.5 Å². The van der Waals surface area contributed by atoms with E-state index in [-0.39, 0.29) is 12.1 Å². The molecule has 0 aromatic carbocycles. The van der Waals surface area contributed by atoms with Crippen molar-refractivity contribution in [1.82, 2.24) is 15.2 Å². The van der Waals surface area contributed by atoms with Crippen molar-refractivity contribution in [2.75, 3.05) is 13.6 Å². The molecule has 1 saturated heterocycles. The van der Waals surface area contributed by atoms with E-state index in [1.165, 1.54) is 0 Å². The molecule has 0 radical (unpaired) electrons. The van der Waals surface area contributed by atoms with Crippen molar-refractivity contribution >= 4 is 6.03 Å². The zero-order valence-electron chi connectivity index (χ0n) is 7.40. The number of aromatic nitrogens is 1. The number of carbonyl (C=O) groups excluding carboxylic acids is 1. The van der Waals surface area contributed by atoms with Crippen LogP contribution < -0.4 is 5.32 Å². The highest BCUT2D eigenvalue weighted by Gasteiger charge is 2.27. The summed E-state index contributed by atoms with van der Waals surface area (Å²) in [5, 5.41) is 2.84. The maximum atomic E-state index is 11.1. The van der Waals surface area contributed by atoms with Gasteiger partial charge >= 0.3 is 6.03 Å². The molecule has 1 unspecified atom stereocenters. The van der Waals surface area contributed by atoms with Gasteiger partial charge in [-0.05, 0) is 12.1 Å². The number of rotatable bonds is 1. The first-order valence-corrected chi connectivity index (χ1v) is 4.20. The van der Waals surface area contributed by atoms with Crippen LogP contribution in [0.5, 0.6) is 0 Å². The van der Waals surface area contributed by atoms with Gasteiger partial charge in [-0.1, -0.05) is 6.07 Å². The Bertz CT molecular complexity index is 312. The maximum Gasteiger partial charge on any atom is 0.317 e. The summed E-state index contributed by atoms with van der Waals surface area (Å²) < 4.78 is 0. The van der Waals surface area contributed by atoms with Crippen LogP contribution in [0.2, 0.25) is 0 Å². The van der Waals surface area contributed by atoms with E-state index >= 15 is 0 Å². The smallest absolute Gasteiger partial charge is 0.317 e. The molecular formula is C9H11N3O. The lowest BCUT2D eigenvalue weighted by molar-refractivity contribution is 0.226. The minimum atomic E-state index is -0.0318. The van der Waals surface area contributed by atoms with Gasteiger partial charge in [0.1, 0.15) is 0 Å². The third-order valence-electron chi connectivity index (χ3n) is 2.15. The molecule has 2 rings (SSSR count). The number of urea groups is 1. The molecule has 1 fully saturated rings. The second-order valence-electron chi connectivity index (χ2n) is 3.14. The number of nitrogens with one attached hydrogen (secondary N) is 1.